The first-order valence-electron chi connectivity index (χ1n) is 10.6. The average molecular weight is 431 g/mol. The minimum absolute atomic E-state index is 0.184. The van der Waals surface area contributed by atoms with E-state index in [-0.39, 0.29) is 12.5 Å². The maximum atomic E-state index is 12.4. The SMILES string of the molecule is O=C(OCC(=O)N1CCN(c2ccc(OCc3ccccc3)cc2)CC1)c1ccncc1. The Hall–Kier alpha value is -3.87. The number of rotatable bonds is 7. The van der Waals surface area contributed by atoms with Crippen LogP contribution in [0.15, 0.2) is 79.1 Å². The molecule has 0 bridgehead atoms. The van der Waals surface area contributed by atoms with Crippen molar-refractivity contribution in [3.63, 3.8) is 0 Å². The number of hydrogen-bond acceptors (Lipinski definition) is 6. The van der Waals surface area contributed by atoms with Gasteiger partial charge in [0, 0.05) is 44.3 Å². The lowest BCUT2D eigenvalue weighted by molar-refractivity contribution is -0.134. The Labute approximate surface area is 187 Å². The number of ether oxygens (including phenoxy) is 2. The summed E-state index contributed by atoms with van der Waals surface area (Å²) in [6.07, 6.45) is 3.03. The fraction of sp³-hybridized carbons (Fsp3) is 0.240. The molecule has 1 fully saturated rings. The molecule has 7 heteroatoms. The van der Waals surface area contributed by atoms with Gasteiger partial charge >= 0.3 is 5.97 Å². The zero-order chi connectivity index (χ0) is 22.2. The molecule has 2 aromatic carbocycles. The van der Waals surface area contributed by atoms with Gasteiger partial charge in [0.1, 0.15) is 12.4 Å². The van der Waals surface area contributed by atoms with Gasteiger partial charge in [0.05, 0.1) is 5.56 Å². The van der Waals surface area contributed by atoms with Gasteiger partial charge in [-0.25, -0.2) is 4.79 Å². The Kier molecular flexibility index (Phi) is 6.97. The Balaban J connectivity index is 1.21. The van der Waals surface area contributed by atoms with E-state index < -0.39 is 5.97 Å². The van der Waals surface area contributed by atoms with E-state index in [1.54, 1.807) is 17.0 Å². The highest BCUT2D eigenvalue weighted by Gasteiger charge is 2.22. The van der Waals surface area contributed by atoms with Gasteiger partial charge in [-0.15, -0.1) is 0 Å². The third kappa shape index (κ3) is 5.63. The molecule has 0 atom stereocenters. The second-order valence-electron chi connectivity index (χ2n) is 7.45. The molecule has 0 radical (unpaired) electrons. The summed E-state index contributed by atoms with van der Waals surface area (Å²) in [7, 11) is 0. The Bertz CT molecular complexity index is 1020. The summed E-state index contributed by atoms with van der Waals surface area (Å²) >= 11 is 0. The fourth-order valence-electron chi connectivity index (χ4n) is 3.50. The van der Waals surface area contributed by atoms with Crippen molar-refractivity contribution in [2.75, 3.05) is 37.7 Å². The number of amides is 1. The molecular weight excluding hydrogens is 406 g/mol. The maximum absolute atomic E-state index is 12.4. The molecule has 2 heterocycles. The summed E-state index contributed by atoms with van der Waals surface area (Å²) in [5.41, 5.74) is 2.60. The number of carbonyl (C=O) groups excluding carboxylic acids is 2. The van der Waals surface area contributed by atoms with E-state index in [0.29, 0.717) is 38.3 Å². The first kappa shape index (κ1) is 21.4. The van der Waals surface area contributed by atoms with E-state index in [9.17, 15) is 9.59 Å². The summed E-state index contributed by atoms with van der Waals surface area (Å²) in [6, 6.07) is 21.2. The summed E-state index contributed by atoms with van der Waals surface area (Å²) in [5.74, 6) is 0.119. The second kappa shape index (κ2) is 10.4. The van der Waals surface area contributed by atoms with Crippen molar-refractivity contribution < 1.29 is 19.1 Å². The van der Waals surface area contributed by atoms with Crippen molar-refractivity contribution in [2.45, 2.75) is 6.61 Å². The molecule has 4 rings (SSSR count). The van der Waals surface area contributed by atoms with Crippen molar-refractivity contribution in [1.82, 2.24) is 9.88 Å². The summed E-state index contributed by atoms with van der Waals surface area (Å²) in [6.45, 7) is 2.87. The molecule has 0 spiro atoms. The standard InChI is InChI=1S/C25H25N3O4/c29-24(19-32-25(30)21-10-12-26-13-11-21)28-16-14-27(15-17-28)22-6-8-23(9-7-22)31-18-20-4-2-1-3-5-20/h1-13H,14-19H2. The van der Waals surface area contributed by atoms with Crippen molar-refractivity contribution >= 4 is 17.6 Å². The summed E-state index contributed by atoms with van der Waals surface area (Å²) in [5, 5.41) is 0. The Morgan fingerprint density at radius 2 is 1.53 bits per heavy atom. The van der Waals surface area contributed by atoms with Gasteiger partial charge in [-0.1, -0.05) is 30.3 Å². The molecule has 3 aromatic rings. The van der Waals surface area contributed by atoms with Gasteiger partial charge in [-0.05, 0) is 42.0 Å². The third-order valence-corrected chi connectivity index (χ3v) is 5.33. The molecule has 0 unspecified atom stereocenters. The van der Waals surface area contributed by atoms with Crippen LogP contribution in [0.1, 0.15) is 15.9 Å². The van der Waals surface area contributed by atoms with E-state index in [1.165, 1.54) is 12.4 Å². The smallest absolute Gasteiger partial charge is 0.338 e. The number of hydrogen-bond donors (Lipinski definition) is 0. The van der Waals surface area contributed by atoms with Crippen LogP contribution in [0.25, 0.3) is 0 Å². The molecule has 1 aliphatic heterocycles. The monoisotopic (exact) mass is 431 g/mol. The first-order chi connectivity index (χ1) is 15.7. The highest BCUT2D eigenvalue weighted by atomic mass is 16.5. The molecule has 1 saturated heterocycles. The minimum atomic E-state index is -0.519. The first-order valence-corrected chi connectivity index (χ1v) is 10.6. The number of pyridine rings is 1. The van der Waals surface area contributed by atoms with Gasteiger partial charge in [0.15, 0.2) is 6.61 Å². The van der Waals surface area contributed by atoms with E-state index in [2.05, 4.69) is 9.88 Å². The van der Waals surface area contributed by atoms with E-state index in [1.807, 2.05) is 54.6 Å². The third-order valence-electron chi connectivity index (χ3n) is 5.33. The highest BCUT2D eigenvalue weighted by molar-refractivity contribution is 5.91. The van der Waals surface area contributed by atoms with Gasteiger partial charge in [-0.2, -0.15) is 0 Å². The van der Waals surface area contributed by atoms with Crippen molar-refractivity contribution in [1.29, 1.82) is 0 Å². The highest BCUT2D eigenvalue weighted by Crippen LogP contribution is 2.21. The number of anilines is 1. The van der Waals surface area contributed by atoms with Gasteiger partial charge < -0.3 is 19.3 Å². The molecule has 0 N–H and O–H groups in total. The average Bonchev–Trinajstić information content (AvgIpc) is 2.87. The topological polar surface area (TPSA) is 72.0 Å². The van der Waals surface area contributed by atoms with Crippen molar-refractivity contribution in [2.24, 2.45) is 0 Å². The van der Waals surface area contributed by atoms with Crippen LogP contribution >= 0.6 is 0 Å². The van der Waals surface area contributed by atoms with Gasteiger partial charge in [-0.3, -0.25) is 9.78 Å². The normalized spacial score (nSPS) is 13.5. The molecule has 164 valence electrons. The molecule has 1 amide bonds. The lowest BCUT2D eigenvalue weighted by Crippen LogP contribution is -2.49. The molecule has 32 heavy (non-hydrogen) atoms. The number of piperazine rings is 1. The molecule has 0 aliphatic carbocycles. The zero-order valence-corrected chi connectivity index (χ0v) is 17.7. The minimum Gasteiger partial charge on any atom is -0.489 e. The molecule has 0 saturated carbocycles. The lowest BCUT2D eigenvalue weighted by atomic mass is 10.2. The van der Waals surface area contributed by atoms with E-state index in [4.69, 9.17) is 9.47 Å². The summed E-state index contributed by atoms with van der Waals surface area (Å²) < 4.78 is 11.0. The number of carbonyl (C=O) groups is 2. The van der Waals surface area contributed by atoms with Crippen LogP contribution in [-0.2, 0) is 16.1 Å². The van der Waals surface area contributed by atoms with Gasteiger partial charge in [0.2, 0.25) is 0 Å². The van der Waals surface area contributed by atoms with E-state index in [0.717, 1.165) is 17.0 Å². The van der Waals surface area contributed by atoms with Gasteiger partial charge in [0.25, 0.3) is 5.91 Å². The fourth-order valence-corrected chi connectivity index (χ4v) is 3.50. The predicted octanol–water partition coefficient (Wildman–Crippen LogP) is 3.17. The van der Waals surface area contributed by atoms with Crippen molar-refractivity contribution in [3.8, 4) is 5.75 Å². The second-order valence-corrected chi connectivity index (χ2v) is 7.45. The van der Waals surface area contributed by atoms with Crippen LogP contribution in [0.5, 0.6) is 5.75 Å². The van der Waals surface area contributed by atoms with Crippen LogP contribution in [-0.4, -0.2) is 54.5 Å². The Morgan fingerprint density at radius 3 is 2.22 bits per heavy atom. The Morgan fingerprint density at radius 1 is 0.844 bits per heavy atom. The van der Waals surface area contributed by atoms with Crippen LogP contribution in [0.3, 0.4) is 0 Å². The van der Waals surface area contributed by atoms with E-state index >= 15 is 0 Å². The molecular formula is C25H25N3O4. The molecule has 7 nitrogen and oxygen atoms in total. The van der Waals surface area contributed by atoms with Crippen LogP contribution in [0, 0.1) is 0 Å². The lowest BCUT2D eigenvalue weighted by Gasteiger charge is -2.36. The van der Waals surface area contributed by atoms with Crippen LogP contribution in [0.2, 0.25) is 0 Å². The number of benzene rings is 2. The molecule has 1 aliphatic rings. The van der Waals surface area contributed by atoms with Crippen molar-refractivity contribution in [3.05, 3.63) is 90.3 Å². The molecule has 1 aromatic heterocycles. The van der Waals surface area contributed by atoms with Crippen LogP contribution in [0.4, 0.5) is 5.69 Å². The number of aromatic nitrogens is 1. The summed E-state index contributed by atoms with van der Waals surface area (Å²) in [4.78, 5) is 32.2. The maximum Gasteiger partial charge on any atom is 0.338 e. The van der Waals surface area contributed by atoms with Crippen LogP contribution < -0.4 is 9.64 Å². The number of nitrogens with zero attached hydrogens (tertiary/aromatic N) is 3. The number of esters is 1. The predicted molar refractivity (Wildman–Crippen MR) is 121 cm³/mol. The quantitative estimate of drug-likeness (QED) is 0.535. The largest absolute Gasteiger partial charge is 0.489 e. The zero-order valence-electron chi connectivity index (χ0n) is 17.7.